The molecule has 1 aromatic carbocycles. The van der Waals surface area contributed by atoms with Crippen LogP contribution in [0.5, 0.6) is 5.75 Å². The van der Waals surface area contributed by atoms with Crippen LogP contribution in [0.15, 0.2) is 24.5 Å². The highest BCUT2D eigenvalue weighted by molar-refractivity contribution is 5.65. The standard InChI is InChI=1S/C19H26N2O2/c1-13(2)16-11-17(14(3)10-18(16)22-4)19-20-7-8-21(19)15-6-5-9-23-12-15/h7-8,10-11,13,15H,5-6,9,12H2,1-4H3/t15-/m1/s1. The second-order valence-corrected chi connectivity index (χ2v) is 6.59. The molecule has 0 spiro atoms. The Hall–Kier alpha value is -1.81. The lowest BCUT2D eigenvalue weighted by Crippen LogP contribution is -2.21. The van der Waals surface area contributed by atoms with E-state index < -0.39 is 0 Å². The van der Waals surface area contributed by atoms with Crippen LogP contribution in [-0.4, -0.2) is 29.9 Å². The SMILES string of the molecule is COc1cc(C)c(-c2nccn2[C@@H]2CCCOC2)cc1C(C)C. The van der Waals surface area contributed by atoms with Gasteiger partial charge in [-0.05, 0) is 48.9 Å². The van der Waals surface area contributed by atoms with Crippen LogP contribution in [0.25, 0.3) is 11.4 Å². The number of aryl methyl sites for hydroxylation is 1. The minimum absolute atomic E-state index is 0.380. The first-order valence-electron chi connectivity index (χ1n) is 8.41. The van der Waals surface area contributed by atoms with E-state index in [2.05, 4.69) is 48.7 Å². The molecule has 3 rings (SSSR count). The smallest absolute Gasteiger partial charge is 0.140 e. The molecule has 1 atom stereocenters. The van der Waals surface area contributed by atoms with Crippen molar-refractivity contribution in [1.29, 1.82) is 0 Å². The van der Waals surface area contributed by atoms with E-state index in [-0.39, 0.29) is 0 Å². The van der Waals surface area contributed by atoms with E-state index in [1.165, 1.54) is 16.7 Å². The number of benzene rings is 1. The van der Waals surface area contributed by atoms with Crippen molar-refractivity contribution in [3.63, 3.8) is 0 Å². The summed E-state index contributed by atoms with van der Waals surface area (Å²) >= 11 is 0. The zero-order chi connectivity index (χ0) is 16.4. The summed E-state index contributed by atoms with van der Waals surface area (Å²) in [4.78, 5) is 4.64. The summed E-state index contributed by atoms with van der Waals surface area (Å²) in [6.45, 7) is 8.16. The zero-order valence-electron chi connectivity index (χ0n) is 14.5. The Bertz CT molecular complexity index is 670. The topological polar surface area (TPSA) is 36.3 Å². The summed E-state index contributed by atoms with van der Waals surface area (Å²) in [6.07, 6.45) is 6.23. The van der Waals surface area contributed by atoms with Gasteiger partial charge in [0, 0.05) is 24.6 Å². The first-order valence-corrected chi connectivity index (χ1v) is 8.41. The number of hydrogen-bond donors (Lipinski definition) is 0. The maximum absolute atomic E-state index is 5.66. The molecule has 1 aromatic heterocycles. The molecule has 4 nitrogen and oxygen atoms in total. The van der Waals surface area contributed by atoms with Crippen LogP contribution in [0, 0.1) is 6.92 Å². The predicted octanol–water partition coefficient (Wildman–Crippen LogP) is 4.34. The molecule has 1 aliphatic rings. The monoisotopic (exact) mass is 314 g/mol. The van der Waals surface area contributed by atoms with Gasteiger partial charge in [0.15, 0.2) is 0 Å². The highest BCUT2D eigenvalue weighted by atomic mass is 16.5. The molecule has 0 amide bonds. The summed E-state index contributed by atoms with van der Waals surface area (Å²) in [5, 5.41) is 0. The summed E-state index contributed by atoms with van der Waals surface area (Å²) in [5.41, 5.74) is 3.60. The Kier molecular flexibility index (Phi) is 4.71. The molecule has 124 valence electrons. The second-order valence-electron chi connectivity index (χ2n) is 6.59. The van der Waals surface area contributed by atoms with Gasteiger partial charge in [-0.1, -0.05) is 13.8 Å². The van der Waals surface area contributed by atoms with Crippen molar-refractivity contribution in [2.75, 3.05) is 20.3 Å². The highest BCUT2D eigenvalue weighted by Gasteiger charge is 2.21. The van der Waals surface area contributed by atoms with E-state index in [1.807, 2.05) is 6.20 Å². The lowest BCUT2D eigenvalue weighted by atomic mass is 9.96. The molecule has 1 fully saturated rings. The zero-order valence-corrected chi connectivity index (χ0v) is 14.5. The van der Waals surface area contributed by atoms with Gasteiger partial charge in [0.25, 0.3) is 0 Å². The minimum atomic E-state index is 0.380. The average Bonchev–Trinajstić information content (AvgIpc) is 3.04. The maximum Gasteiger partial charge on any atom is 0.140 e. The van der Waals surface area contributed by atoms with E-state index in [0.717, 1.165) is 37.6 Å². The lowest BCUT2D eigenvalue weighted by molar-refractivity contribution is 0.0597. The molecule has 0 unspecified atom stereocenters. The fraction of sp³-hybridized carbons (Fsp3) is 0.526. The molecule has 0 bridgehead atoms. The molecule has 4 heteroatoms. The molecular formula is C19H26N2O2. The Morgan fingerprint density at radius 1 is 1.35 bits per heavy atom. The Balaban J connectivity index is 2.05. The fourth-order valence-corrected chi connectivity index (χ4v) is 3.33. The Labute approximate surface area is 138 Å². The summed E-state index contributed by atoms with van der Waals surface area (Å²) in [5.74, 6) is 2.40. The Morgan fingerprint density at radius 2 is 2.17 bits per heavy atom. The fourth-order valence-electron chi connectivity index (χ4n) is 3.33. The molecular weight excluding hydrogens is 288 g/mol. The number of imidazole rings is 1. The van der Waals surface area contributed by atoms with Crippen molar-refractivity contribution < 1.29 is 9.47 Å². The second kappa shape index (κ2) is 6.75. The van der Waals surface area contributed by atoms with Crippen LogP contribution < -0.4 is 4.74 Å². The average molecular weight is 314 g/mol. The van der Waals surface area contributed by atoms with Crippen LogP contribution in [0.2, 0.25) is 0 Å². The minimum Gasteiger partial charge on any atom is -0.496 e. The molecule has 2 heterocycles. The maximum atomic E-state index is 5.66. The van der Waals surface area contributed by atoms with Crippen LogP contribution >= 0.6 is 0 Å². The summed E-state index contributed by atoms with van der Waals surface area (Å²) in [6, 6.07) is 4.74. The van der Waals surface area contributed by atoms with E-state index >= 15 is 0 Å². The number of aromatic nitrogens is 2. The van der Waals surface area contributed by atoms with Crippen molar-refractivity contribution in [3.8, 4) is 17.1 Å². The van der Waals surface area contributed by atoms with Crippen molar-refractivity contribution in [2.24, 2.45) is 0 Å². The number of rotatable bonds is 4. The van der Waals surface area contributed by atoms with Gasteiger partial charge >= 0.3 is 0 Å². The van der Waals surface area contributed by atoms with Crippen LogP contribution in [0.3, 0.4) is 0 Å². The van der Waals surface area contributed by atoms with Crippen molar-refractivity contribution in [3.05, 3.63) is 35.7 Å². The number of ether oxygens (including phenoxy) is 2. The quantitative estimate of drug-likeness (QED) is 0.842. The van der Waals surface area contributed by atoms with Gasteiger partial charge in [-0.2, -0.15) is 0 Å². The molecule has 0 aliphatic carbocycles. The molecule has 1 saturated heterocycles. The van der Waals surface area contributed by atoms with Crippen molar-refractivity contribution in [2.45, 2.75) is 45.6 Å². The molecule has 0 saturated carbocycles. The first kappa shape index (κ1) is 16.1. The normalized spacial score (nSPS) is 18.4. The lowest BCUT2D eigenvalue weighted by Gasteiger charge is -2.25. The van der Waals surface area contributed by atoms with E-state index in [0.29, 0.717) is 12.0 Å². The van der Waals surface area contributed by atoms with Gasteiger partial charge < -0.3 is 14.0 Å². The van der Waals surface area contributed by atoms with Gasteiger partial charge in [-0.3, -0.25) is 0 Å². The molecule has 0 N–H and O–H groups in total. The van der Waals surface area contributed by atoms with Crippen LogP contribution in [0.1, 0.15) is 49.8 Å². The summed E-state index contributed by atoms with van der Waals surface area (Å²) in [7, 11) is 1.74. The van der Waals surface area contributed by atoms with Crippen LogP contribution in [-0.2, 0) is 4.74 Å². The van der Waals surface area contributed by atoms with Crippen LogP contribution in [0.4, 0.5) is 0 Å². The van der Waals surface area contributed by atoms with E-state index in [4.69, 9.17) is 9.47 Å². The molecule has 2 aromatic rings. The Morgan fingerprint density at radius 3 is 2.83 bits per heavy atom. The first-order chi connectivity index (χ1) is 11.1. The summed E-state index contributed by atoms with van der Waals surface area (Å²) < 4.78 is 13.5. The molecule has 1 aliphatic heterocycles. The third kappa shape index (κ3) is 3.13. The van der Waals surface area contributed by atoms with Crippen molar-refractivity contribution in [1.82, 2.24) is 9.55 Å². The van der Waals surface area contributed by atoms with Gasteiger partial charge in [-0.15, -0.1) is 0 Å². The number of hydrogen-bond acceptors (Lipinski definition) is 3. The largest absolute Gasteiger partial charge is 0.496 e. The van der Waals surface area contributed by atoms with E-state index in [1.54, 1.807) is 7.11 Å². The third-order valence-electron chi connectivity index (χ3n) is 4.64. The number of methoxy groups -OCH3 is 1. The molecule has 23 heavy (non-hydrogen) atoms. The van der Waals surface area contributed by atoms with Crippen molar-refractivity contribution >= 4 is 0 Å². The highest BCUT2D eigenvalue weighted by Crippen LogP contribution is 2.35. The van der Waals surface area contributed by atoms with Gasteiger partial charge in [0.05, 0.1) is 19.8 Å². The van der Waals surface area contributed by atoms with Gasteiger partial charge in [-0.25, -0.2) is 4.98 Å². The number of nitrogens with zero attached hydrogens (tertiary/aromatic N) is 2. The van der Waals surface area contributed by atoms with Gasteiger partial charge in [0.2, 0.25) is 0 Å². The molecule has 0 radical (unpaired) electrons. The van der Waals surface area contributed by atoms with Gasteiger partial charge in [0.1, 0.15) is 11.6 Å². The third-order valence-corrected chi connectivity index (χ3v) is 4.64. The predicted molar refractivity (Wildman–Crippen MR) is 92.1 cm³/mol. The van der Waals surface area contributed by atoms with E-state index in [9.17, 15) is 0 Å².